The number of nitrogens with zero attached hydrogens (tertiary/aromatic N) is 4. The van der Waals surface area contributed by atoms with Crippen LogP contribution in [0.15, 0.2) is 71.9 Å². The van der Waals surface area contributed by atoms with Gasteiger partial charge in [0.2, 0.25) is 0 Å². The predicted molar refractivity (Wildman–Crippen MR) is 123 cm³/mol. The Labute approximate surface area is 187 Å². The van der Waals surface area contributed by atoms with E-state index in [0.29, 0.717) is 32.6 Å². The van der Waals surface area contributed by atoms with Crippen LogP contribution in [0.5, 0.6) is 0 Å². The van der Waals surface area contributed by atoms with Gasteiger partial charge in [0.05, 0.1) is 27.5 Å². The lowest BCUT2D eigenvalue weighted by atomic mass is 10.0. The SMILES string of the molecule is CCc1ccc(Cl)cc1-c1c(C#N)cc(-c2cc(N)ncn2)n1S(=O)c1ccccc1. The zero-order valence-electron chi connectivity index (χ0n) is 16.6. The molecule has 8 heteroatoms. The van der Waals surface area contributed by atoms with Crippen molar-refractivity contribution in [3.05, 3.63) is 83.1 Å². The first-order valence-electron chi connectivity index (χ1n) is 9.53. The topological polar surface area (TPSA) is 97.6 Å². The molecule has 0 fully saturated rings. The normalized spacial score (nSPS) is 11.8. The van der Waals surface area contributed by atoms with E-state index in [1.807, 2.05) is 37.3 Å². The van der Waals surface area contributed by atoms with Gasteiger partial charge in [0.15, 0.2) is 11.0 Å². The maximum atomic E-state index is 13.8. The summed E-state index contributed by atoms with van der Waals surface area (Å²) in [5, 5.41) is 10.5. The number of anilines is 1. The third-order valence-electron chi connectivity index (χ3n) is 4.85. The highest BCUT2D eigenvalue weighted by atomic mass is 35.5. The van der Waals surface area contributed by atoms with Crippen molar-refractivity contribution in [1.29, 1.82) is 5.26 Å². The van der Waals surface area contributed by atoms with Crippen molar-refractivity contribution in [1.82, 2.24) is 13.9 Å². The number of benzene rings is 2. The van der Waals surface area contributed by atoms with Crippen molar-refractivity contribution in [2.24, 2.45) is 0 Å². The number of aromatic nitrogens is 3. The Morgan fingerprint density at radius 1 is 1.13 bits per heavy atom. The molecule has 1 atom stereocenters. The Hall–Kier alpha value is -3.47. The Morgan fingerprint density at radius 3 is 2.58 bits per heavy atom. The molecule has 154 valence electrons. The Morgan fingerprint density at radius 2 is 1.90 bits per heavy atom. The minimum Gasteiger partial charge on any atom is -0.384 e. The second kappa shape index (κ2) is 8.72. The standard InChI is InChI=1S/C23H18ClN5OS/c1-2-15-8-9-17(24)11-19(15)23-16(13-25)10-21(20-12-22(26)28-14-27-20)29(23)31(30)18-6-4-3-5-7-18/h3-12,14H,2H2,1H3,(H2,26,27,28). The molecule has 0 radical (unpaired) electrons. The summed E-state index contributed by atoms with van der Waals surface area (Å²) < 4.78 is 15.4. The van der Waals surface area contributed by atoms with E-state index >= 15 is 0 Å². The fourth-order valence-corrected chi connectivity index (χ4v) is 4.88. The molecule has 0 bridgehead atoms. The van der Waals surface area contributed by atoms with Crippen LogP contribution >= 0.6 is 11.6 Å². The molecule has 0 amide bonds. The molecular weight excluding hydrogens is 430 g/mol. The zero-order chi connectivity index (χ0) is 22.0. The number of hydrogen-bond donors (Lipinski definition) is 1. The molecule has 2 aromatic heterocycles. The smallest absolute Gasteiger partial charge is 0.157 e. The maximum Gasteiger partial charge on any atom is 0.157 e. The van der Waals surface area contributed by atoms with Crippen LogP contribution in [0.2, 0.25) is 5.02 Å². The number of hydrogen-bond acceptors (Lipinski definition) is 5. The van der Waals surface area contributed by atoms with E-state index in [0.717, 1.165) is 17.5 Å². The number of nitrogen functional groups attached to an aromatic ring is 1. The van der Waals surface area contributed by atoms with E-state index in [4.69, 9.17) is 17.3 Å². The van der Waals surface area contributed by atoms with E-state index in [9.17, 15) is 9.47 Å². The Bertz CT molecular complexity index is 1330. The molecule has 4 rings (SSSR count). The molecule has 2 N–H and O–H groups in total. The van der Waals surface area contributed by atoms with Gasteiger partial charge in [-0.1, -0.05) is 42.8 Å². The average Bonchev–Trinajstić information content (AvgIpc) is 3.18. The quantitative estimate of drug-likeness (QED) is 0.471. The first-order chi connectivity index (χ1) is 15.0. The van der Waals surface area contributed by atoms with Gasteiger partial charge in [-0.3, -0.25) is 3.97 Å². The monoisotopic (exact) mass is 447 g/mol. The average molecular weight is 448 g/mol. The lowest BCUT2D eigenvalue weighted by Gasteiger charge is -2.16. The Balaban J connectivity index is 2.09. The van der Waals surface area contributed by atoms with Gasteiger partial charge in [0.1, 0.15) is 18.2 Å². The summed E-state index contributed by atoms with van der Waals surface area (Å²) in [6.07, 6.45) is 2.06. The fraction of sp³-hybridized carbons (Fsp3) is 0.0870. The van der Waals surface area contributed by atoms with Crippen LogP contribution in [0.3, 0.4) is 0 Å². The van der Waals surface area contributed by atoms with E-state index in [1.54, 1.807) is 34.3 Å². The molecule has 1 unspecified atom stereocenters. The summed E-state index contributed by atoms with van der Waals surface area (Å²) in [6.45, 7) is 2.02. The highest BCUT2D eigenvalue weighted by molar-refractivity contribution is 7.83. The second-order valence-corrected chi connectivity index (χ2v) is 8.51. The lowest BCUT2D eigenvalue weighted by Crippen LogP contribution is -2.10. The minimum atomic E-state index is -1.65. The van der Waals surface area contributed by atoms with Crippen LogP contribution in [0.4, 0.5) is 5.82 Å². The highest BCUT2D eigenvalue weighted by Gasteiger charge is 2.25. The number of rotatable bonds is 5. The molecule has 0 saturated heterocycles. The van der Waals surface area contributed by atoms with Gasteiger partial charge in [0, 0.05) is 16.7 Å². The lowest BCUT2D eigenvalue weighted by molar-refractivity contribution is 0.678. The molecule has 0 aliphatic carbocycles. The molecule has 31 heavy (non-hydrogen) atoms. The summed E-state index contributed by atoms with van der Waals surface area (Å²) in [7, 11) is -1.65. The zero-order valence-corrected chi connectivity index (χ0v) is 18.2. The third-order valence-corrected chi connectivity index (χ3v) is 6.47. The number of nitrogens with two attached hydrogens (primary N) is 1. The van der Waals surface area contributed by atoms with Gasteiger partial charge in [-0.05, 0) is 42.3 Å². The van der Waals surface area contributed by atoms with Crippen molar-refractivity contribution in [3.8, 4) is 28.7 Å². The number of aryl methyl sites for hydroxylation is 1. The molecule has 0 aliphatic heterocycles. The van der Waals surface area contributed by atoms with Crippen LogP contribution < -0.4 is 5.73 Å². The third kappa shape index (κ3) is 3.96. The van der Waals surface area contributed by atoms with Crippen LogP contribution in [0.1, 0.15) is 18.1 Å². The summed E-state index contributed by atoms with van der Waals surface area (Å²) in [5.74, 6) is 0.278. The van der Waals surface area contributed by atoms with Gasteiger partial charge in [-0.2, -0.15) is 5.26 Å². The van der Waals surface area contributed by atoms with Crippen molar-refractivity contribution in [2.45, 2.75) is 18.2 Å². The molecule has 0 aliphatic rings. The fourth-order valence-electron chi connectivity index (χ4n) is 3.42. The molecule has 2 heterocycles. The highest BCUT2D eigenvalue weighted by Crippen LogP contribution is 2.37. The van der Waals surface area contributed by atoms with Gasteiger partial charge >= 0.3 is 0 Å². The van der Waals surface area contributed by atoms with E-state index in [1.165, 1.54) is 6.33 Å². The molecular formula is C23H18ClN5OS. The van der Waals surface area contributed by atoms with Crippen molar-refractivity contribution >= 4 is 28.4 Å². The van der Waals surface area contributed by atoms with Crippen LogP contribution in [-0.2, 0) is 17.4 Å². The van der Waals surface area contributed by atoms with Gasteiger partial charge in [-0.15, -0.1) is 0 Å². The van der Waals surface area contributed by atoms with Crippen molar-refractivity contribution in [3.63, 3.8) is 0 Å². The molecule has 0 saturated carbocycles. The summed E-state index contributed by atoms with van der Waals surface area (Å²) in [5.41, 5.74) is 9.48. The van der Waals surface area contributed by atoms with E-state index < -0.39 is 11.0 Å². The number of nitriles is 1. The first kappa shape index (κ1) is 20.8. The maximum absolute atomic E-state index is 13.8. The molecule has 2 aromatic carbocycles. The van der Waals surface area contributed by atoms with E-state index in [2.05, 4.69) is 16.0 Å². The molecule has 6 nitrogen and oxygen atoms in total. The summed E-state index contributed by atoms with van der Waals surface area (Å²) in [6, 6.07) is 20.1. The second-order valence-electron chi connectivity index (χ2n) is 6.74. The summed E-state index contributed by atoms with van der Waals surface area (Å²) >= 11 is 6.31. The largest absolute Gasteiger partial charge is 0.384 e. The molecule has 4 aromatic rings. The van der Waals surface area contributed by atoms with E-state index in [-0.39, 0.29) is 5.82 Å². The van der Waals surface area contributed by atoms with Crippen LogP contribution in [-0.4, -0.2) is 18.1 Å². The van der Waals surface area contributed by atoms with Crippen LogP contribution in [0, 0.1) is 11.3 Å². The predicted octanol–water partition coefficient (Wildman–Crippen LogP) is 4.85. The van der Waals surface area contributed by atoms with Crippen molar-refractivity contribution in [2.75, 3.05) is 5.73 Å². The Kier molecular flexibility index (Phi) is 5.85. The van der Waals surface area contributed by atoms with Gasteiger partial charge in [-0.25, -0.2) is 14.2 Å². The van der Waals surface area contributed by atoms with Gasteiger partial charge in [0.25, 0.3) is 0 Å². The molecule has 0 spiro atoms. The van der Waals surface area contributed by atoms with Gasteiger partial charge < -0.3 is 5.73 Å². The first-order valence-corrected chi connectivity index (χ1v) is 11.0. The number of halogens is 1. The minimum absolute atomic E-state index is 0.278. The summed E-state index contributed by atoms with van der Waals surface area (Å²) in [4.78, 5) is 8.84. The van der Waals surface area contributed by atoms with Crippen LogP contribution in [0.25, 0.3) is 22.6 Å². The van der Waals surface area contributed by atoms with Crippen molar-refractivity contribution < 1.29 is 4.21 Å².